The molecule has 2 aliphatic carbocycles. The van der Waals surface area contributed by atoms with Crippen molar-refractivity contribution in [1.82, 2.24) is 10.3 Å². The summed E-state index contributed by atoms with van der Waals surface area (Å²) in [5.74, 6) is -1.23. The van der Waals surface area contributed by atoms with Gasteiger partial charge in [0.1, 0.15) is 0 Å². The summed E-state index contributed by atoms with van der Waals surface area (Å²) in [5, 5.41) is 12.5. The highest BCUT2D eigenvalue weighted by Crippen LogP contribution is 2.56. The fraction of sp³-hybridized carbons (Fsp3) is 0.409. The molecule has 0 saturated heterocycles. The van der Waals surface area contributed by atoms with Crippen LogP contribution >= 0.6 is 0 Å². The van der Waals surface area contributed by atoms with Gasteiger partial charge in [0, 0.05) is 23.2 Å². The van der Waals surface area contributed by atoms with Gasteiger partial charge in [0.05, 0.1) is 17.5 Å². The predicted molar refractivity (Wildman–Crippen MR) is 104 cm³/mol. The van der Waals surface area contributed by atoms with E-state index in [-0.39, 0.29) is 12.3 Å². The number of nitrogens with zero attached hydrogens (tertiary/aromatic N) is 1. The molecule has 0 aliphatic heterocycles. The molecular formula is C22H24N2O3. The van der Waals surface area contributed by atoms with Gasteiger partial charge in [-0.2, -0.15) is 0 Å². The lowest BCUT2D eigenvalue weighted by atomic mass is 9.84. The van der Waals surface area contributed by atoms with Crippen LogP contribution < -0.4 is 5.32 Å². The van der Waals surface area contributed by atoms with E-state index >= 15 is 0 Å². The Bertz CT molecular complexity index is 944. The van der Waals surface area contributed by atoms with Crippen LogP contribution in [0.2, 0.25) is 0 Å². The highest BCUT2D eigenvalue weighted by atomic mass is 16.4. The topological polar surface area (TPSA) is 79.3 Å². The molecule has 2 aliphatic rings. The molecule has 140 valence electrons. The first-order chi connectivity index (χ1) is 13.0. The van der Waals surface area contributed by atoms with E-state index in [0.29, 0.717) is 11.0 Å². The number of aromatic nitrogens is 1. The normalized spacial score (nSPS) is 18.8. The molecular weight excluding hydrogens is 340 g/mol. The maximum Gasteiger partial charge on any atom is 0.305 e. The Balaban J connectivity index is 1.58. The summed E-state index contributed by atoms with van der Waals surface area (Å²) in [6, 6.07) is 7.49. The van der Waals surface area contributed by atoms with E-state index in [1.807, 2.05) is 18.2 Å². The Labute approximate surface area is 158 Å². The highest BCUT2D eigenvalue weighted by Gasteiger charge is 2.42. The third-order valence-corrected chi connectivity index (χ3v) is 5.84. The van der Waals surface area contributed by atoms with Crippen LogP contribution in [0.5, 0.6) is 0 Å². The lowest BCUT2D eigenvalue weighted by molar-refractivity contribution is -0.137. The third kappa shape index (κ3) is 3.72. The minimum absolute atomic E-state index is 0.105. The van der Waals surface area contributed by atoms with Crippen molar-refractivity contribution in [2.75, 3.05) is 0 Å². The van der Waals surface area contributed by atoms with E-state index in [9.17, 15) is 9.59 Å². The Morgan fingerprint density at radius 1 is 1.30 bits per heavy atom. The van der Waals surface area contributed by atoms with Crippen LogP contribution in [0.15, 0.2) is 36.5 Å². The van der Waals surface area contributed by atoms with Crippen molar-refractivity contribution in [2.45, 2.75) is 51.5 Å². The third-order valence-electron chi connectivity index (χ3n) is 5.84. The zero-order chi connectivity index (χ0) is 19.0. The van der Waals surface area contributed by atoms with Gasteiger partial charge in [-0.25, -0.2) is 0 Å². The molecule has 1 saturated carbocycles. The minimum atomic E-state index is -0.933. The molecule has 0 bridgehead atoms. The van der Waals surface area contributed by atoms with E-state index in [0.717, 1.165) is 22.9 Å². The molecule has 1 heterocycles. The van der Waals surface area contributed by atoms with Crippen molar-refractivity contribution >= 4 is 28.4 Å². The minimum Gasteiger partial charge on any atom is -0.481 e. The summed E-state index contributed by atoms with van der Waals surface area (Å²) in [4.78, 5) is 27.7. The van der Waals surface area contributed by atoms with Gasteiger partial charge in [0.25, 0.3) is 5.91 Å². The van der Waals surface area contributed by atoms with Gasteiger partial charge in [-0.05, 0) is 56.1 Å². The maximum absolute atomic E-state index is 12.4. The van der Waals surface area contributed by atoms with Crippen LogP contribution in [0.3, 0.4) is 0 Å². The van der Waals surface area contributed by atoms with Gasteiger partial charge in [0.15, 0.2) is 0 Å². The molecule has 0 unspecified atom stereocenters. The van der Waals surface area contributed by atoms with Gasteiger partial charge < -0.3 is 10.4 Å². The van der Waals surface area contributed by atoms with E-state index in [1.165, 1.54) is 31.3 Å². The standard InChI is InChI=1S/C22H24N2O3/c1-14(11-19(25)26)24-21(27)17-12-16-3-2-4-18(20(16)23-13-17)15-5-7-22(8-6-15)9-10-22/h2-5,12-14H,6-11H2,1H3,(H,24,27)(H,25,26)/t14-/m1/s1. The average Bonchev–Trinajstić information content (AvgIpc) is 3.39. The summed E-state index contributed by atoms with van der Waals surface area (Å²) in [6.45, 7) is 1.68. The number of carbonyl (C=O) groups excluding carboxylic acids is 1. The van der Waals surface area contributed by atoms with Gasteiger partial charge >= 0.3 is 5.97 Å². The molecule has 1 fully saturated rings. The SMILES string of the molecule is C[C@H](CC(=O)O)NC(=O)c1cnc2c(C3=CCC4(CC3)CC4)cccc2c1. The van der Waals surface area contributed by atoms with E-state index in [1.54, 1.807) is 13.1 Å². The summed E-state index contributed by atoms with van der Waals surface area (Å²) in [5.41, 5.74) is 4.49. The second-order valence-corrected chi connectivity index (χ2v) is 8.01. The van der Waals surface area contributed by atoms with E-state index in [4.69, 9.17) is 5.11 Å². The molecule has 4 rings (SSSR count). The molecule has 1 aromatic carbocycles. The maximum atomic E-state index is 12.4. The number of hydrogen-bond donors (Lipinski definition) is 2. The van der Waals surface area contributed by atoms with Crippen LogP contribution in [0.4, 0.5) is 0 Å². The van der Waals surface area contributed by atoms with Crippen molar-refractivity contribution in [3.63, 3.8) is 0 Å². The first kappa shape index (κ1) is 17.7. The number of carboxylic acids is 1. The number of carbonyl (C=O) groups is 2. The lowest BCUT2D eigenvalue weighted by Gasteiger charge is -2.22. The smallest absolute Gasteiger partial charge is 0.305 e. The first-order valence-corrected chi connectivity index (χ1v) is 9.57. The number of aliphatic carboxylic acids is 1. The number of hydrogen-bond acceptors (Lipinski definition) is 3. The fourth-order valence-electron chi connectivity index (χ4n) is 3.98. The molecule has 1 amide bonds. The monoisotopic (exact) mass is 364 g/mol. The second-order valence-electron chi connectivity index (χ2n) is 8.01. The summed E-state index contributed by atoms with van der Waals surface area (Å²) < 4.78 is 0. The Morgan fingerprint density at radius 3 is 2.78 bits per heavy atom. The van der Waals surface area contributed by atoms with Crippen molar-refractivity contribution in [2.24, 2.45) is 5.41 Å². The van der Waals surface area contributed by atoms with Crippen molar-refractivity contribution in [1.29, 1.82) is 0 Å². The van der Waals surface area contributed by atoms with Crippen molar-refractivity contribution in [3.05, 3.63) is 47.7 Å². The fourth-order valence-corrected chi connectivity index (χ4v) is 3.98. The number of nitrogens with one attached hydrogen (secondary N) is 1. The highest BCUT2D eigenvalue weighted by molar-refractivity contribution is 5.99. The Morgan fingerprint density at radius 2 is 2.11 bits per heavy atom. The largest absolute Gasteiger partial charge is 0.481 e. The number of amides is 1. The van der Waals surface area contributed by atoms with Gasteiger partial charge in [-0.3, -0.25) is 14.6 Å². The molecule has 2 aromatic rings. The number of para-hydroxylation sites is 1. The Kier molecular flexibility index (Phi) is 4.46. The lowest BCUT2D eigenvalue weighted by Crippen LogP contribution is -2.34. The number of pyridine rings is 1. The average molecular weight is 364 g/mol. The number of rotatable bonds is 5. The summed E-state index contributed by atoms with van der Waals surface area (Å²) >= 11 is 0. The molecule has 1 aromatic heterocycles. The zero-order valence-electron chi connectivity index (χ0n) is 15.5. The second kappa shape index (κ2) is 6.80. The van der Waals surface area contributed by atoms with Crippen LogP contribution in [-0.4, -0.2) is 28.0 Å². The number of fused-ring (bicyclic) bond motifs is 1. The quantitative estimate of drug-likeness (QED) is 0.834. The first-order valence-electron chi connectivity index (χ1n) is 9.57. The van der Waals surface area contributed by atoms with Crippen LogP contribution in [0.1, 0.15) is 61.4 Å². The van der Waals surface area contributed by atoms with Crippen molar-refractivity contribution in [3.8, 4) is 0 Å². The zero-order valence-corrected chi connectivity index (χ0v) is 15.5. The molecule has 0 radical (unpaired) electrons. The van der Waals surface area contributed by atoms with Gasteiger partial charge in [-0.15, -0.1) is 0 Å². The number of carboxylic acid groups (broad SMARTS) is 1. The van der Waals surface area contributed by atoms with Crippen molar-refractivity contribution < 1.29 is 14.7 Å². The number of allylic oxidation sites excluding steroid dienone is 2. The number of benzene rings is 1. The summed E-state index contributed by atoms with van der Waals surface area (Å²) in [7, 11) is 0. The van der Waals surface area contributed by atoms with Crippen LogP contribution in [0.25, 0.3) is 16.5 Å². The molecule has 1 spiro atoms. The predicted octanol–water partition coefficient (Wildman–Crippen LogP) is 4.18. The molecule has 5 heteroatoms. The Hall–Kier alpha value is -2.69. The molecule has 2 N–H and O–H groups in total. The van der Waals surface area contributed by atoms with E-state index in [2.05, 4.69) is 22.4 Å². The molecule has 1 atom stereocenters. The molecule has 5 nitrogen and oxygen atoms in total. The van der Waals surface area contributed by atoms with E-state index < -0.39 is 12.0 Å². The van der Waals surface area contributed by atoms with Crippen LogP contribution in [-0.2, 0) is 4.79 Å². The van der Waals surface area contributed by atoms with Crippen LogP contribution in [0, 0.1) is 5.41 Å². The summed E-state index contributed by atoms with van der Waals surface area (Å²) in [6.07, 6.45) is 10.1. The molecule has 27 heavy (non-hydrogen) atoms. The van der Waals surface area contributed by atoms with Gasteiger partial charge in [-0.1, -0.05) is 24.3 Å². The van der Waals surface area contributed by atoms with Gasteiger partial charge in [0.2, 0.25) is 0 Å².